The zero-order valence-electron chi connectivity index (χ0n) is 11.0. The summed E-state index contributed by atoms with van der Waals surface area (Å²) in [4.78, 5) is 13.1. The molecule has 0 radical (unpaired) electrons. The number of ether oxygens (including phenoxy) is 2. The SMILES string of the molecule is COc1ccc(C(=O)c2cc(Cl)ccc2S)c(OC)c1. The van der Waals surface area contributed by atoms with Gasteiger partial charge in [-0.1, -0.05) is 11.6 Å². The highest BCUT2D eigenvalue weighted by atomic mass is 35.5. The van der Waals surface area contributed by atoms with E-state index in [1.54, 1.807) is 43.5 Å². The van der Waals surface area contributed by atoms with Crippen LogP contribution in [-0.4, -0.2) is 20.0 Å². The van der Waals surface area contributed by atoms with Crippen LogP contribution in [0.25, 0.3) is 0 Å². The lowest BCUT2D eigenvalue weighted by Gasteiger charge is -2.11. The van der Waals surface area contributed by atoms with Gasteiger partial charge in [0.05, 0.1) is 19.8 Å². The summed E-state index contributed by atoms with van der Waals surface area (Å²) in [6.07, 6.45) is 0. The fourth-order valence-corrected chi connectivity index (χ4v) is 2.23. The van der Waals surface area contributed by atoms with Gasteiger partial charge in [0, 0.05) is 21.5 Å². The van der Waals surface area contributed by atoms with Crippen LogP contribution in [0.5, 0.6) is 11.5 Å². The highest BCUT2D eigenvalue weighted by molar-refractivity contribution is 7.80. The maximum atomic E-state index is 12.6. The third kappa shape index (κ3) is 2.92. The summed E-state index contributed by atoms with van der Waals surface area (Å²) in [5.41, 5.74) is 0.871. The van der Waals surface area contributed by atoms with Gasteiger partial charge in [-0.3, -0.25) is 4.79 Å². The molecule has 0 aliphatic rings. The number of ketones is 1. The smallest absolute Gasteiger partial charge is 0.197 e. The van der Waals surface area contributed by atoms with E-state index in [1.807, 2.05) is 0 Å². The van der Waals surface area contributed by atoms with Crippen molar-refractivity contribution in [3.8, 4) is 11.5 Å². The quantitative estimate of drug-likeness (QED) is 0.688. The van der Waals surface area contributed by atoms with Gasteiger partial charge in [0.25, 0.3) is 0 Å². The highest BCUT2D eigenvalue weighted by Crippen LogP contribution is 2.29. The number of hydrogen-bond donors (Lipinski definition) is 1. The molecule has 0 fully saturated rings. The summed E-state index contributed by atoms with van der Waals surface area (Å²) < 4.78 is 10.4. The molecule has 20 heavy (non-hydrogen) atoms. The molecule has 0 aliphatic heterocycles. The van der Waals surface area contributed by atoms with E-state index in [0.717, 1.165) is 0 Å². The molecule has 0 saturated heterocycles. The average Bonchev–Trinajstić information content (AvgIpc) is 2.48. The number of rotatable bonds is 4. The van der Waals surface area contributed by atoms with Crippen molar-refractivity contribution < 1.29 is 14.3 Å². The minimum Gasteiger partial charge on any atom is -0.497 e. The van der Waals surface area contributed by atoms with Crippen molar-refractivity contribution >= 4 is 30.0 Å². The van der Waals surface area contributed by atoms with Gasteiger partial charge in [0.2, 0.25) is 0 Å². The molecule has 104 valence electrons. The first-order valence-corrected chi connectivity index (χ1v) is 6.64. The van der Waals surface area contributed by atoms with Crippen LogP contribution in [0.3, 0.4) is 0 Å². The summed E-state index contributed by atoms with van der Waals surface area (Å²) in [6, 6.07) is 10.00. The van der Waals surface area contributed by atoms with Gasteiger partial charge >= 0.3 is 0 Å². The monoisotopic (exact) mass is 308 g/mol. The van der Waals surface area contributed by atoms with Crippen LogP contribution in [0.1, 0.15) is 15.9 Å². The number of thiol groups is 1. The Kier molecular flexibility index (Phi) is 4.57. The molecule has 0 aromatic heterocycles. The number of halogens is 1. The minimum atomic E-state index is -0.197. The first kappa shape index (κ1) is 14.8. The molecule has 0 spiro atoms. The number of hydrogen-bond acceptors (Lipinski definition) is 4. The predicted molar refractivity (Wildman–Crippen MR) is 81.7 cm³/mol. The van der Waals surface area contributed by atoms with Crippen molar-refractivity contribution in [3.05, 3.63) is 52.5 Å². The van der Waals surface area contributed by atoms with Gasteiger partial charge in [-0.25, -0.2) is 0 Å². The average molecular weight is 309 g/mol. The van der Waals surface area contributed by atoms with Crippen LogP contribution in [0, 0.1) is 0 Å². The largest absolute Gasteiger partial charge is 0.497 e. The van der Waals surface area contributed by atoms with Crippen LogP contribution in [-0.2, 0) is 0 Å². The van der Waals surface area contributed by atoms with Gasteiger partial charge in [0.1, 0.15) is 11.5 Å². The molecule has 0 heterocycles. The molecule has 0 atom stereocenters. The first-order valence-electron chi connectivity index (χ1n) is 5.82. The molecule has 2 rings (SSSR count). The van der Waals surface area contributed by atoms with Crippen LogP contribution >= 0.6 is 24.2 Å². The normalized spacial score (nSPS) is 10.2. The lowest BCUT2D eigenvalue weighted by molar-refractivity contribution is 0.103. The fourth-order valence-electron chi connectivity index (χ4n) is 1.82. The Hall–Kier alpha value is -1.65. The van der Waals surface area contributed by atoms with Crippen molar-refractivity contribution in [2.24, 2.45) is 0 Å². The molecule has 0 amide bonds. The van der Waals surface area contributed by atoms with E-state index < -0.39 is 0 Å². The highest BCUT2D eigenvalue weighted by Gasteiger charge is 2.17. The van der Waals surface area contributed by atoms with Crippen LogP contribution < -0.4 is 9.47 Å². The van der Waals surface area contributed by atoms with E-state index in [9.17, 15) is 4.79 Å². The summed E-state index contributed by atoms with van der Waals surface area (Å²) >= 11 is 10.2. The van der Waals surface area contributed by atoms with Gasteiger partial charge in [-0.2, -0.15) is 0 Å². The zero-order chi connectivity index (χ0) is 14.7. The van der Waals surface area contributed by atoms with Crippen LogP contribution in [0.4, 0.5) is 0 Å². The molecule has 3 nitrogen and oxygen atoms in total. The van der Waals surface area contributed by atoms with E-state index in [2.05, 4.69) is 12.6 Å². The molecule has 0 saturated carbocycles. The molecule has 5 heteroatoms. The zero-order valence-corrected chi connectivity index (χ0v) is 12.7. The summed E-state index contributed by atoms with van der Waals surface area (Å²) in [7, 11) is 3.06. The summed E-state index contributed by atoms with van der Waals surface area (Å²) in [6.45, 7) is 0. The Morgan fingerprint density at radius 2 is 1.80 bits per heavy atom. The Morgan fingerprint density at radius 3 is 2.45 bits per heavy atom. The molecule has 0 N–H and O–H groups in total. The maximum absolute atomic E-state index is 12.6. The van der Waals surface area contributed by atoms with Crippen molar-refractivity contribution in [2.45, 2.75) is 4.90 Å². The number of methoxy groups -OCH3 is 2. The fraction of sp³-hybridized carbons (Fsp3) is 0.133. The van der Waals surface area contributed by atoms with Crippen LogP contribution in [0.15, 0.2) is 41.3 Å². The summed E-state index contributed by atoms with van der Waals surface area (Å²) in [5, 5.41) is 0.485. The Bertz CT molecular complexity index is 656. The minimum absolute atomic E-state index is 0.197. The maximum Gasteiger partial charge on any atom is 0.197 e. The second-order valence-electron chi connectivity index (χ2n) is 4.06. The van der Waals surface area contributed by atoms with E-state index in [1.165, 1.54) is 7.11 Å². The molecule has 0 aliphatic carbocycles. The van der Waals surface area contributed by atoms with E-state index in [4.69, 9.17) is 21.1 Å². The Labute approximate surface area is 127 Å². The van der Waals surface area contributed by atoms with E-state index in [0.29, 0.717) is 32.5 Å². The molecular formula is C15H13ClO3S. The van der Waals surface area contributed by atoms with E-state index in [-0.39, 0.29) is 5.78 Å². The van der Waals surface area contributed by atoms with Crippen molar-refractivity contribution in [1.29, 1.82) is 0 Å². The molecule has 0 unspecified atom stereocenters. The number of carbonyl (C=O) groups excluding carboxylic acids is 1. The lowest BCUT2D eigenvalue weighted by atomic mass is 10.0. The standard InChI is InChI=1S/C15H13ClO3S/c1-18-10-4-5-11(13(8-10)19-2)15(17)12-7-9(16)3-6-14(12)20/h3-8,20H,1-2H3. The third-order valence-corrected chi connectivity index (χ3v) is 3.48. The lowest BCUT2D eigenvalue weighted by Crippen LogP contribution is -2.05. The summed E-state index contributed by atoms with van der Waals surface area (Å²) in [5.74, 6) is 0.870. The predicted octanol–water partition coefficient (Wildman–Crippen LogP) is 3.88. The van der Waals surface area contributed by atoms with Gasteiger partial charge < -0.3 is 9.47 Å². The van der Waals surface area contributed by atoms with Gasteiger partial charge in [-0.05, 0) is 30.3 Å². The molecule has 2 aromatic rings. The third-order valence-electron chi connectivity index (χ3n) is 2.86. The van der Waals surface area contributed by atoms with Gasteiger partial charge in [-0.15, -0.1) is 12.6 Å². The second kappa shape index (κ2) is 6.20. The Balaban J connectivity index is 2.50. The number of benzene rings is 2. The van der Waals surface area contributed by atoms with Crippen LogP contribution in [0.2, 0.25) is 5.02 Å². The van der Waals surface area contributed by atoms with Crippen molar-refractivity contribution in [1.82, 2.24) is 0 Å². The van der Waals surface area contributed by atoms with Gasteiger partial charge in [0.15, 0.2) is 5.78 Å². The number of carbonyl (C=O) groups is 1. The van der Waals surface area contributed by atoms with E-state index >= 15 is 0 Å². The van der Waals surface area contributed by atoms with Crippen molar-refractivity contribution in [2.75, 3.05) is 14.2 Å². The molecular weight excluding hydrogens is 296 g/mol. The molecule has 0 bridgehead atoms. The first-order chi connectivity index (χ1) is 9.56. The topological polar surface area (TPSA) is 35.5 Å². The second-order valence-corrected chi connectivity index (χ2v) is 4.98. The van der Waals surface area contributed by atoms with Crippen molar-refractivity contribution in [3.63, 3.8) is 0 Å². The Morgan fingerprint density at radius 1 is 1.05 bits per heavy atom. The molecule has 2 aromatic carbocycles.